The van der Waals surface area contributed by atoms with E-state index in [0.29, 0.717) is 11.9 Å². The molecule has 7 nitrogen and oxygen atoms in total. The number of halogens is 3. The minimum absolute atomic E-state index is 0.00785. The van der Waals surface area contributed by atoms with E-state index >= 15 is 0 Å². The van der Waals surface area contributed by atoms with Gasteiger partial charge in [-0.2, -0.15) is 17.7 Å². The number of hydrogen-bond acceptors (Lipinski definition) is 6. The van der Waals surface area contributed by atoms with E-state index in [4.69, 9.17) is 4.74 Å². The van der Waals surface area contributed by atoms with Crippen molar-refractivity contribution in [2.75, 3.05) is 19.0 Å². The Labute approximate surface area is 170 Å². The van der Waals surface area contributed by atoms with E-state index in [1.807, 2.05) is 18.2 Å². The molecule has 2 aromatic heterocycles. The van der Waals surface area contributed by atoms with Gasteiger partial charge in [-0.25, -0.2) is 0 Å². The Morgan fingerprint density at radius 2 is 1.93 bits per heavy atom. The number of anilines is 1. The van der Waals surface area contributed by atoms with Crippen LogP contribution in [0.2, 0.25) is 0 Å². The van der Waals surface area contributed by atoms with Gasteiger partial charge in [0.05, 0.1) is 13.2 Å². The van der Waals surface area contributed by atoms with Gasteiger partial charge < -0.3 is 10.1 Å². The number of hydrogen-bond donors (Lipinski definition) is 1. The largest absolute Gasteiger partial charge is 0.497 e. The van der Waals surface area contributed by atoms with E-state index in [1.165, 1.54) is 18.9 Å². The standard InChI is InChI=1S/C20H21F3N6O/c1-30-14-4-2-3-12(11-14)18-15(9-10-28(18)13-5-6-13)24-16-7-8-17-25-26-19(20(21,22)23)29(17)27-16/h2-4,7-8,11,13,15,18H,5-6,9-10H2,1H3,(H,24,27). The molecule has 3 aromatic rings. The number of alkyl halides is 3. The lowest BCUT2D eigenvalue weighted by Crippen LogP contribution is -2.33. The van der Waals surface area contributed by atoms with Crippen molar-refractivity contribution in [3.63, 3.8) is 0 Å². The Kier molecular flexibility index (Phi) is 4.53. The number of fused-ring (bicyclic) bond motifs is 1. The van der Waals surface area contributed by atoms with Gasteiger partial charge in [-0.15, -0.1) is 15.3 Å². The van der Waals surface area contributed by atoms with Crippen molar-refractivity contribution in [2.45, 2.75) is 43.6 Å². The van der Waals surface area contributed by atoms with Gasteiger partial charge in [0.2, 0.25) is 0 Å². The fourth-order valence-electron chi connectivity index (χ4n) is 4.27. The van der Waals surface area contributed by atoms with Gasteiger partial charge >= 0.3 is 6.18 Å². The average Bonchev–Trinajstić information content (AvgIpc) is 3.34. The number of rotatable bonds is 5. The Morgan fingerprint density at radius 1 is 1.10 bits per heavy atom. The van der Waals surface area contributed by atoms with Crippen LogP contribution in [0.15, 0.2) is 36.4 Å². The molecule has 2 atom stereocenters. The van der Waals surface area contributed by atoms with Gasteiger partial charge in [0.1, 0.15) is 11.6 Å². The summed E-state index contributed by atoms with van der Waals surface area (Å²) in [7, 11) is 1.64. The highest BCUT2D eigenvalue weighted by atomic mass is 19.4. The summed E-state index contributed by atoms with van der Waals surface area (Å²) in [4.78, 5) is 2.48. The lowest BCUT2D eigenvalue weighted by atomic mass is 9.99. The molecule has 3 heterocycles. The summed E-state index contributed by atoms with van der Waals surface area (Å²) in [6.45, 7) is 0.923. The van der Waals surface area contributed by atoms with Gasteiger partial charge in [0, 0.05) is 18.6 Å². The predicted molar refractivity (Wildman–Crippen MR) is 103 cm³/mol. The maximum Gasteiger partial charge on any atom is 0.453 e. The molecule has 5 rings (SSSR count). The van der Waals surface area contributed by atoms with Gasteiger partial charge in [0.25, 0.3) is 5.82 Å². The van der Waals surface area contributed by atoms with E-state index < -0.39 is 12.0 Å². The van der Waals surface area contributed by atoms with Crippen LogP contribution in [0.25, 0.3) is 5.65 Å². The van der Waals surface area contributed by atoms with Crippen LogP contribution in [0.5, 0.6) is 5.75 Å². The zero-order valence-corrected chi connectivity index (χ0v) is 16.3. The van der Waals surface area contributed by atoms with Crippen molar-refractivity contribution in [3.8, 4) is 5.75 Å². The van der Waals surface area contributed by atoms with Crippen molar-refractivity contribution in [1.82, 2.24) is 24.7 Å². The van der Waals surface area contributed by atoms with Crippen LogP contribution in [-0.4, -0.2) is 50.4 Å². The average molecular weight is 418 g/mol. The van der Waals surface area contributed by atoms with Crippen LogP contribution in [-0.2, 0) is 6.18 Å². The lowest BCUT2D eigenvalue weighted by molar-refractivity contribution is -0.146. The first-order valence-electron chi connectivity index (χ1n) is 9.90. The second kappa shape index (κ2) is 7.12. The topological polar surface area (TPSA) is 67.6 Å². The smallest absolute Gasteiger partial charge is 0.453 e. The van der Waals surface area contributed by atoms with E-state index in [0.717, 1.165) is 28.8 Å². The zero-order chi connectivity index (χ0) is 20.9. The van der Waals surface area contributed by atoms with Gasteiger partial charge in [-0.3, -0.25) is 4.90 Å². The fraction of sp³-hybridized carbons (Fsp3) is 0.450. The molecule has 0 bridgehead atoms. The zero-order valence-electron chi connectivity index (χ0n) is 16.3. The molecular formula is C20H21F3N6O. The molecule has 158 valence electrons. The third-order valence-corrected chi connectivity index (χ3v) is 5.74. The summed E-state index contributed by atoms with van der Waals surface area (Å²) in [5, 5.41) is 14.3. The SMILES string of the molecule is COc1cccc(C2C(Nc3ccc4nnc(C(F)(F)F)n4n3)CCN2C2CC2)c1. The first kappa shape index (κ1) is 19.1. The summed E-state index contributed by atoms with van der Waals surface area (Å²) >= 11 is 0. The molecule has 1 saturated carbocycles. The molecule has 1 aromatic carbocycles. The molecule has 10 heteroatoms. The molecule has 2 unspecified atom stereocenters. The molecule has 1 aliphatic carbocycles. The van der Waals surface area contributed by atoms with Crippen LogP contribution in [0, 0.1) is 0 Å². The molecule has 0 radical (unpaired) electrons. The Morgan fingerprint density at radius 3 is 2.67 bits per heavy atom. The van der Waals surface area contributed by atoms with Gasteiger partial charge in [-0.1, -0.05) is 12.1 Å². The van der Waals surface area contributed by atoms with E-state index in [-0.39, 0.29) is 17.7 Å². The lowest BCUT2D eigenvalue weighted by Gasteiger charge is -2.29. The summed E-state index contributed by atoms with van der Waals surface area (Å²) in [6.07, 6.45) is -1.41. The molecule has 0 spiro atoms. The maximum atomic E-state index is 13.2. The van der Waals surface area contributed by atoms with Crippen LogP contribution < -0.4 is 10.1 Å². The minimum Gasteiger partial charge on any atom is -0.497 e. The molecule has 2 fully saturated rings. The maximum absolute atomic E-state index is 13.2. The Balaban J connectivity index is 1.46. The van der Waals surface area contributed by atoms with Crippen molar-refractivity contribution < 1.29 is 17.9 Å². The third-order valence-electron chi connectivity index (χ3n) is 5.74. The first-order chi connectivity index (χ1) is 14.4. The molecular weight excluding hydrogens is 397 g/mol. The summed E-state index contributed by atoms with van der Waals surface area (Å²) < 4.78 is 45.7. The van der Waals surface area contributed by atoms with Crippen LogP contribution in [0.4, 0.5) is 19.0 Å². The first-order valence-corrected chi connectivity index (χ1v) is 9.90. The minimum atomic E-state index is -4.62. The number of ether oxygens (including phenoxy) is 1. The Bertz CT molecular complexity index is 1060. The quantitative estimate of drug-likeness (QED) is 0.684. The molecule has 1 aliphatic heterocycles. The Hall–Kier alpha value is -2.88. The number of aromatic nitrogens is 4. The molecule has 0 amide bonds. The van der Waals surface area contributed by atoms with Gasteiger partial charge in [-0.05, 0) is 49.1 Å². The third kappa shape index (κ3) is 3.45. The van der Waals surface area contributed by atoms with Crippen molar-refractivity contribution in [2.24, 2.45) is 0 Å². The van der Waals surface area contributed by atoms with E-state index in [1.54, 1.807) is 13.2 Å². The number of methoxy groups -OCH3 is 1. The van der Waals surface area contributed by atoms with E-state index in [9.17, 15) is 13.2 Å². The highest BCUT2D eigenvalue weighted by Crippen LogP contribution is 2.42. The molecule has 2 aliphatic rings. The fourth-order valence-corrected chi connectivity index (χ4v) is 4.27. The summed E-state index contributed by atoms with van der Waals surface area (Å²) in [5.74, 6) is 0.0209. The molecule has 30 heavy (non-hydrogen) atoms. The van der Waals surface area contributed by atoms with Gasteiger partial charge in [0.15, 0.2) is 5.65 Å². The van der Waals surface area contributed by atoms with Crippen LogP contribution in [0.1, 0.15) is 36.7 Å². The second-order valence-corrected chi connectivity index (χ2v) is 7.74. The highest BCUT2D eigenvalue weighted by Gasteiger charge is 2.43. The van der Waals surface area contributed by atoms with Crippen molar-refractivity contribution in [1.29, 1.82) is 0 Å². The number of likely N-dealkylation sites (tertiary alicyclic amines) is 1. The monoisotopic (exact) mass is 418 g/mol. The predicted octanol–water partition coefficient (Wildman–Crippen LogP) is 3.54. The number of nitrogens with zero attached hydrogens (tertiary/aromatic N) is 5. The second-order valence-electron chi connectivity index (χ2n) is 7.74. The number of benzene rings is 1. The van der Waals surface area contributed by atoms with Crippen LogP contribution >= 0.6 is 0 Å². The van der Waals surface area contributed by atoms with Crippen molar-refractivity contribution >= 4 is 11.5 Å². The molecule has 1 N–H and O–H groups in total. The van der Waals surface area contributed by atoms with Crippen molar-refractivity contribution in [3.05, 3.63) is 47.8 Å². The summed E-state index contributed by atoms with van der Waals surface area (Å²) in [5.41, 5.74) is 1.18. The summed E-state index contributed by atoms with van der Waals surface area (Å²) in [6, 6.07) is 11.8. The number of nitrogens with one attached hydrogen (secondary N) is 1. The molecule has 1 saturated heterocycles. The normalized spacial score (nSPS) is 22.5. The highest BCUT2D eigenvalue weighted by molar-refractivity contribution is 5.46. The van der Waals surface area contributed by atoms with E-state index in [2.05, 4.69) is 31.6 Å². The van der Waals surface area contributed by atoms with Crippen LogP contribution in [0.3, 0.4) is 0 Å².